The number of nitrogens with zero attached hydrogens (tertiary/aromatic N) is 3. The van der Waals surface area contributed by atoms with Gasteiger partial charge in [0.1, 0.15) is 0 Å². The van der Waals surface area contributed by atoms with Crippen LogP contribution in [0.4, 0.5) is 0 Å². The van der Waals surface area contributed by atoms with Crippen molar-refractivity contribution in [2.75, 3.05) is 0 Å². The van der Waals surface area contributed by atoms with Gasteiger partial charge in [-0.3, -0.25) is 9.48 Å². The van der Waals surface area contributed by atoms with Crippen LogP contribution in [0.15, 0.2) is 29.4 Å². The van der Waals surface area contributed by atoms with Crippen LogP contribution in [0.25, 0.3) is 10.9 Å². The standard InChI is InChI=1S/C13H17N5O2/c1-13(2,12(14)17-20)15-11(19)10-8-6-4-5-7-9(8)18(3)16-10/h4-7,20H,1-3H3,(H2,14,17)(H,15,19). The maximum atomic E-state index is 12.3. The number of rotatable bonds is 3. The molecule has 0 atom stereocenters. The first-order valence-corrected chi connectivity index (χ1v) is 6.09. The van der Waals surface area contributed by atoms with Gasteiger partial charge in [-0.2, -0.15) is 5.10 Å². The summed E-state index contributed by atoms with van der Waals surface area (Å²) in [4.78, 5) is 12.3. The summed E-state index contributed by atoms with van der Waals surface area (Å²) in [6, 6.07) is 7.43. The van der Waals surface area contributed by atoms with Crippen LogP contribution < -0.4 is 11.1 Å². The van der Waals surface area contributed by atoms with Crippen molar-refractivity contribution < 1.29 is 10.0 Å². The molecule has 0 spiro atoms. The van der Waals surface area contributed by atoms with Gasteiger partial charge in [-0.25, -0.2) is 0 Å². The summed E-state index contributed by atoms with van der Waals surface area (Å²) >= 11 is 0. The van der Waals surface area contributed by atoms with Crippen molar-refractivity contribution in [2.45, 2.75) is 19.4 Å². The molecular formula is C13H17N5O2. The lowest BCUT2D eigenvalue weighted by Gasteiger charge is -2.23. The number of oxime groups is 1. The van der Waals surface area contributed by atoms with Gasteiger partial charge in [0.15, 0.2) is 11.5 Å². The molecule has 2 aromatic rings. The first-order chi connectivity index (χ1) is 9.36. The summed E-state index contributed by atoms with van der Waals surface area (Å²) in [5.41, 5.74) is 5.75. The lowest BCUT2D eigenvalue weighted by Crippen LogP contribution is -2.53. The molecule has 0 radical (unpaired) electrons. The van der Waals surface area contributed by atoms with E-state index < -0.39 is 5.54 Å². The monoisotopic (exact) mass is 275 g/mol. The number of amidine groups is 1. The molecule has 1 heterocycles. The molecule has 0 aliphatic heterocycles. The number of nitrogens with two attached hydrogens (primary N) is 1. The fourth-order valence-corrected chi connectivity index (χ4v) is 1.91. The predicted molar refractivity (Wildman–Crippen MR) is 75.7 cm³/mol. The minimum absolute atomic E-state index is 0.0777. The highest BCUT2D eigenvalue weighted by Gasteiger charge is 2.28. The molecule has 0 unspecified atom stereocenters. The third-order valence-electron chi connectivity index (χ3n) is 3.15. The summed E-state index contributed by atoms with van der Waals surface area (Å²) in [5, 5.41) is 19.3. The van der Waals surface area contributed by atoms with Gasteiger partial charge in [-0.15, -0.1) is 0 Å². The van der Waals surface area contributed by atoms with Crippen LogP contribution in [0.3, 0.4) is 0 Å². The summed E-state index contributed by atoms with van der Waals surface area (Å²) < 4.78 is 1.64. The Morgan fingerprint density at radius 3 is 2.75 bits per heavy atom. The molecule has 7 nitrogen and oxygen atoms in total. The Balaban J connectivity index is 2.38. The number of fused-ring (bicyclic) bond motifs is 1. The van der Waals surface area contributed by atoms with Crippen molar-refractivity contribution in [3.63, 3.8) is 0 Å². The van der Waals surface area contributed by atoms with Gasteiger partial charge in [0, 0.05) is 12.4 Å². The molecule has 0 saturated heterocycles. The molecule has 0 fully saturated rings. The van der Waals surface area contributed by atoms with E-state index in [1.807, 2.05) is 24.3 Å². The fraction of sp³-hybridized carbons (Fsp3) is 0.308. The van der Waals surface area contributed by atoms with Crippen molar-refractivity contribution in [3.8, 4) is 0 Å². The number of aryl methyl sites for hydroxylation is 1. The Morgan fingerprint density at radius 1 is 1.45 bits per heavy atom. The average molecular weight is 275 g/mol. The average Bonchev–Trinajstić information content (AvgIpc) is 2.75. The Kier molecular flexibility index (Phi) is 3.35. The van der Waals surface area contributed by atoms with Crippen molar-refractivity contribution in [1.82, 2.24) is 15.1 Å². The molecule has 0 aliphatic carbocycles. The second kappa shape index (κ2) is 4.84. The number of amides is 1. The van der Waals surface area contributed by atoms with E-state index in [9.17, 15) is 4.79 Å². The molecule has 7 heteroatoms. The molecular weight excluding hydrogens is 258 g/mol. The van der Waals surface area contributed by atoms with E-state index in [0.29, 0.717) is 5.69 Å². The quantitative estimate of drug-likeness (QED) is 0.334. The predicted octanol–water partition coefficient (Wildman–Crippen LogP) is 0.828. The smallest absolute Gasteiger partial charge is 0.273 e. The van der Waals surface area contributed by atoms with Crippen molar-refractivity contribution >= 4 is 22.6 Å². The van der Waals surface area contributed by atoms with Gasteiger partial charge in [-0.05, 0) is 19.9 Å². The zero-order valence-electron chi connectivity index (χ0n) is 11.6. The third kappa shape index (κ3) is 2.29. The maximum absolute atomic E-state index is 12.3. The number of carbonyl (C=O) groups excluding carboxylic acids is 1. The number of aromatic nitrogens is 2. The minimum Gasteiger partial charge on any atom is -0.409 e. The van der Waals surface area contributed by atoms with Gasteiger partial charge in [0.2, 0.25) is 0 Å². The van der Waals surface area contributed by atoms with E-state index in [4.69, 9.17) is 10.9 Å². The number of benzene rings is 1. The van der Waals surface area contributed by atoms with E-state index in [1.165, 1.54) is 0 Å². The molecule has 0 bridgehead atoms. The highest BCUT2D eigenvalue weighted by Crippen LogP contribution is 2.18. The zero-order chi connectivity index (χ0) is 14.9. The lowest BCUT2D eigenvalue weighted by molar-refractivity contribution is 0.0926. The van der Waals surface area contributed by atoms with Crippen LogP contribution in [-0.2, 0) is 7.05 Å². The van der Waals surface area contributed by atoms with Crippen LogP contribution in [0.1, 0.15) is 24.3 Å². The van der Waals surface area contributed by atoms with Gasteiger partial charge < -0.3 is 16.3 Å². The van der Waals surface area contributed by atoms with E-state index in [-0.39, 0.29) is 11.7 Å². The molecule has 4 N–H and O–H groups in total. The number of hydrogen-bond acceptors (Lipinski definition) is 4. The highest BCUT2D eigenvalue weighted by molar-refractivity contribution is 6.07. The van der Waals surface area contributed by atoms with Crippen LogP contribution in [0, 0.1) is 0 Å². The van der Waals surface area contributed by atoms with Crippen LogP contribution in [0.5, 0.6) is 0 Å². The Hall–Kier alpha value is -2.57. The molecule has 20 heavy (non-hydrogen) atoms. The Bertz CT molecular complexity index is 687. The van der Waals surface area contributed by atoms with Crippen LogP contribution >= 0.6 is 0 Å². The van der Waals surface area contributed by atoms with Gasteiger partial charge >= 0.3 is 0 Å². The first kappa shape index (κ1) is 13.9. The van der Waals surface area contributed by atoms with Crippen molar-refractivity contribution in [2.24, 2.45) is 17.9 Å². The van der Waals surface area contributed by atoms with E-state index >= 15 is 0 Å². The number of para-hydroxylation sites is 1. The summed E-state index contributed by atoms with van der Waals surface area (Å²) in [5.74, 6) is -0.454. The van der Waals surface area contributed by atoms with Crippen LogP contribution in [0.2, 0.25) is 0 Å². The second-order valence-corrected chi connectivity index (χ2v) is 5.05. The maximum Gasteiger partial charge on any atom is 0.273 e. The number of carbonyl (C=O) groups is 1. The molecule has 1 aromatic heterocycles. The SMILES string of the molecule is Cn1nc(C(=O)NC(C)(C)/C(N)=N/O)c2ccccc21. The fourth-order valence-electron chi connectivity index (χ4n) is 1.91. The summed E-state index contributed by atoms with van der Waals surface area (Å²) in [6.07, 6.45) is 0. The van der Waals surface area contributed by atoms with Crippen molar-refractivity contribution in [3.05, 3.63) is 30.0 Å². The molecule has 106 valence electrons. The molecule has 0 saturated carbocycles. The summed E-state index contributed by atoms with van der Waals surface area (Å²) in [7, 11) is 1.77. The van der Waals surface area contributed by atoms with E-state index in [1.54, 1.807) is 25.6 Å². The molecule has 0 aliphatic rings. The normalized spacial score (nSPS) is 12.7. The summed E-state index contributed by atoms with van der Waals surface area (Å²) in [6.45, 7) is 3.29. The number of hydrogen-bond donors (Lipinski definition) is 3. The van der Waals surface area contributed by atoms with E-state index in [2.05, 4.69) is 15.6 Å². The Labute approximate surface area is 116 Å². The first-order valence-electron chi connectivity index (χ1n) is 6.09. The number of nitrogens with one attached hydrogen (secondary N) is 1. The molecule has 1 amide bonds. The molecule has 2 rings (SSSR count). The third-order valence-corrected chi connectivity index (χ3v) is 3.15. The molecule has 1 aromatic carbocycles. The van der Waals surface area contributed by atoms with Gasteiger partial charge in [-0.1, -0.05) is 23.4 Å². The highest BCUT2D eigenvalue weighted by atomic mass is 16.4. The largest absolute Gasteiger partial charge is 0.409 e. The lowest BCUT2D eigenvalue weighted by atomic mass is 10.0. The van der Waals surface area contributed by atoms with Gasteiger partial charge in [0.25, 0.3) is 5.91 Å². The Morgan fingerprint density at radius 2 is 2.10 bits per heavy atom. The van der Waals surface area contributed by atoms with Crippen molar-refractivity contribution in [1.29, 1.82) is 0 Å². The van der Waals surface area contributed by atoms with Gasteiger partial charge in [0.05, 0.1) is 11.1 Å². The second-order valence-electron chi connectivity index (χ2n) is 5.05. The zero-order valence-corrected chi connectivity index (χ0v) is 11.6. The van der Waals surface area contributed by atoms with E-state index in [0.717, 1.165) is 10.9 Å². The minimum atomic E-state index is -0.968. The van der Waals surface area contributed by atoms with Crippen LogP contribution in [-0.4, -0.2) is 32.3 Å². The topological polar surface area (TPSA) is 106 Å².